The van der Waals surface area contributed by atoms with Crippen molar-refractivity contribution in [1.29, 1.82) is 0 Å². The number of aromatic nitrogens is 2. The molecule has 0 unspecified atom stereocenters. The van der Waals surface area contributed by atoms with Crippen LogP contribution in [0.1, 0.15) is 18.1 Å². The smallest absolute Gasteiger partial charge is 0.331 e. The van der Waals surface area contributed by atoms with Crippen molar-refractivity contribution >= 4 is 23.7 Å². The normalized spacial score (nSPS) is 11.7. The van der Waals surface area contributed by atoms with Crippen LogP contribution in [0.25, 0.3) is 23.0 Å². The number of amides is 1. The second kappa shape index (κ2) is 12.4. The molecule has 0 saturated heterocycles. The van der Waals surface area contributed by atoms with Crippen molar-refractivity contribution in [1.82, 2.24) is 15.1 Å². The summed E-state index contributed by atoms with van der Waals surface area (Å²) in [5.74, 6) is -1.88. The second-order valence-electron chi connectivity index (χ2n) is 8.58. The summed E-state index contributed by atoms with van der Waals surface area (Å²) in [6.45, 7) is 0.868. The van der Waals surface area contributed by atoms with Gasteiger partial charge in [0.25, 0.3) is 5.91 Å². The lowest BCUT2D eigenvalue weighted by atomic mass is 10.0. The molecule has 0 fully saturated rings. The summed E-state index contributed by atoms with van der Waals surface area (Å²) in [5, 5.41) is 7.23. The van der Waals surface area contributed by atoms with Crippen LogP contribution in [0.15, 0.2) is 97.2 Å². The maximum absolute atomic E-state index is 13.5. The SMILES string of the molecule is CC(=O)[C@H](Cc1ccccc1)NC(=O)COC(=O)/C=C/c1cn(-c2ccccc2)nc1-c1ccc(F)cc1. The first kappa shape index (κ1) is 26.2. The third-order valence-electron chi connectivity index (χ3n) is 5.73. The minimum Gasteiger partial charge on any atom is -0.452 e. The fraction of sp³-hybridized carbons (Fsp3) is 0.133. The zero-order valence-electron chi connectivity index (χ0n) is 20.7. The molecule has 0 aliphatic rings. The van der Waals surface area contributed by atoms with Gasteiger partial charge in [-0.25, -0.2) is 13.9 Å². The summed E-state index contributed by atoms with van der Waals surface area (Å²) in [6.07, 6.45) is 4.80. The van der Waals surface area contributed by atoms with Gasteiger partial charge in [0, 0.05) is 23.4 Å². The largest absolute Gasteiger partial charge is 0.452 e. The van der Waals surface area contributed by atoms with E-state index in [0.29, 0.717) is 23.2 Å². The summed E-state index contributed by atoms with van der Waals surface area (Å²) in [5.41, 5.74) is 3.52. The molecule has 4 aromatic rings. The van der Waals surface area contributed by atoms with Crippen molar-refractivity contribution in [2.24, 2.45) is 0 Å². The van der Waals surface area contributed by atoms with Crippen molar-refractivity contribution in [3.8, 4) is 16.9 Å². The van der Waals surface area contributed by atoms with Crippen LogP contribution < -0.4 is 5.32 Å². The van der Waals surface area contributed by atoms with E-state index in [2.05, 4.69) is 10.4 Å². The lowest BCUT2D eigenvalue weighted by molar-refractivity contribution is -0.144. The molecule has 0 spiro atoms. The predicted molar refractivity (Wildman–Crippen MR) is 142 cm³/mol. The number of hydrogen-bond acceptors (Lipinski definition) is 5. The van der Waals surface area contributed by atoms with Crippen molar-refractivity contribution < 1.29 is 23.5 Å². The number of ketones is 1. The van der Waals surface area contributed by atoms with Gasteiger partial charge in [0.2, 0.25) is 0 Å². The first-order chi connectivity index (χ1) is 18.4. The van der Waals surface area contributed by atoms with Gasteiger partial charge in [0.15, 0.2) is 12.4 Å². The average molecular weight is 512 g/mol. The molecule has 1 N–H and O–H groups in total. The number of ether oxygens (including phenoxy) is 1. The number of para-hydroxylation sites is 1. The van der Waals surface area contributed by atoms with Crippen molar-refractivity contribution in [2.45, 2.75) is 19.4 Å². The van der Waals surface area contributed by atoms with Gasteiger partial charge in [-0.15, -0.1) is 0 Å². The minimum atomic E-state index is -0.736. The van der Waals surface area contributed by atoms with Crippen LogP contribution in [0, 0.1) is 5.82 Å². The Labute approximate surface area is 219 Å². The molecule has 3 aromatic carbocycles. The Balaban J connectivity index is 1.42. The summed E-state index contributed by atoms with van der Waals surface area (Å²) in [7, 11) is 0. The highest BCUT2D eigenvalue weighted by molar-refractivity contribution is 5.92. The van der Waals surface area contributed by atoms with E-state index in [4.69, 9.17) is 4.74 Å². The number of nitrogens with one attached hydrogen (secondary N) is 1. The van der Waals surface area contributed by atoms with Crippen molar-refractivity contribution in [3.63, 3.8) is 0 Å². The standard InChI is InChI=1S/C30H26FN3O4/c1-21(35)27(18-22-8-4-2-5-9-22)32-28(36)20-38-29(37)17-14-24-19-34(26-10-6-3-7-11-26)33-30(24)23-12-15-25(31)16-13-23/h2-17,19,27H,18,20H2,1H3,(H,32,36)/b17-14+/t27-/m0/s1. The Morgan fingerprint density at radius 1 is 0.974 bits per heavy atom. The molecule has 1 aromatic heterocycles. The average Bonchev–Trinajstić information content (AvgIpc) is 3.36. The molecule has 4 rings (SSSR count). The third kappa shape index (κ3) is 7.10. The Hall–Kier alpha value is -4.85. The van der Waals surface area contributed by atoms with E-state index in [1.54, 1.807) is 23.0 Å². The number of rotatable bonds is 10. The zero-order chi connectivity index (χ0) is 26.9. The van der Waals surface area contributed by atoms with Gasteiger partial charge < -0.3 is 10.1 Å². The van der Waals surface area contributed by atoms with Gasteiger partial charge in [0.1, 0.15) is 5.82 Å². The van der Waals surface area contributed by atoms with E-state index in [1.165, 1.54) is 31.2 Å². The molecule has 0 aliphatic heterocycles. The maximum Gasteiger partial charge on any atom is 0.331 e. The van der Waals surface area contributed by atoms with Gasteiger partial charge in [0.05, 0.1) is 17.4 Å². The van der Waals surface area contributed by atoms with Crippen LogP contribution in [-0.2, 0) is 25.5 Å². The molecule has 0 aliphatic carbocycles. The Morgan fingerprint density at radius 2 is 1.63 bits per heavy atom. The molecular formula is C30H26FN3O4. The van der Waals surface area contributed by atoms with E-state index < -0.39 is 24.5 Å². The van der Waals surface area contributed by atoms with Gasteiger partial charge in [-0.3, -0.25) is 9.59 Å². The molecule has 0 saturated carbocycles. The highest BCUT2D eigenvalue weighted by atomic mass is 19.1. The molecule has 38 heavy (non-hydrogen) atoms. The summed E-state index contributed by atoms with van der Waals surface area (Å²) in [4.78, 5) is 36.7. The molecule has 0 bridgehead atoms. The fourth-order valence-corrected chi connectivity index (χ4v) is 3.78. The molecule has 1 atom stereocenters. The first-order valence-electron chi connectivity index (χ1n) is 12.0. The van der Waals surface area contributed by atoms with Crippen LogP contribution in [0.2, 0.25) is 0 Å². The van der Waals surface area contributed by atoms with Crippen LogP contribution in [0.3, 0.4) is 0 Å². The lowest BCUT2D eigenvalue weighted by Gasteiger charge is -2.16. The minimum absolute atomic E-state index is 0.197. The monoisotopic (exact) mass is 511 g/mol. The number of hydrogen-bond donors (Lipinski definition) is 1. The van der Waals surface area contributed by atoms with E-state index >= 15 is 0 Å². The maximum atomic E-state index is 13.5. The second-order valence-corrected chi connectivity index (χ2v) is 8.58. The number of carbonyl (C=O) groups is 3. The Morgan fingerprint density at radius 3 is 2.29 bits per heavy atom. The topological polar surface area (TPSA) is 90.3 Å². The number of halogens is 1. The van der Waals surface area contributed by atoms with Gasteiger partial charge in [-0.2, -0.15) is 5.10 Å². The predicted octanol–water partition coefficient (Wildman–Crippen LogP) is 4.55. The highest BCUT2D eigenvalue weighted by Gasteiger charge is 2.18. The van der Waals surface area contributed by atoms with Crippen LogP contribution >= 0.6 is 0 Å². The number of benzene rings is 3. The third-order valence-corrected chi connectivity index (χ3v) is 5.73. The van der Waals surface area contributed by atoms with Crippen molar-refractivity contribution in [3.05, 3.63) is 114 Å². The fourth-order valence-electron chi connectivity index (χ4n) is 3.78. The van der Waals surface area contributed by atoms with Gasteiger partial charge in [-0.05, 0) is 61.4 Å². The molecule has 8 heteroatoms. The van der Waals surface area contributed by atoms with E-state index in [-0.39, 0.29) is 11.6 Å². The zero-order valence-corrected chi connectivity index (χ0v) is 20.7. The van der Waals surface area contributed by atoms with E-state index in [9.17, 15) is 18.8 Å². The lowest BCUT2D eigenvalue weighted by Crippen LogP contribution is -2.43. The molecule has 192 valence electrons. The first-order valence-corrected chi connectivity index (χ1v) is 12.0. The van der Waals surface area contributed by atoms with Crippen LogP contribution in [-0.4, -0.2) is 40.1 Å². The van der Waals surface area contributed by atoms with Crippen molar-refractivity contribution in [2.75, 3.05) is 6.61 Å². The number of nitrogens with zero attached hydrogens (tertiary/aromatic N) is 2. The van der Waals surface area contributed by atoms with E-state index in [0.717, 1.165) is 11.3 Å². The quantitative estimate of drug-likeness (QED) is 0.249. The Kier molecular flexibility index (Phi) is 8.56. The molecule has 7 nitrogen and oxygen atoms in total. The molecule has 1 heterocycles. The van der Waals surface area contributed by atoms with Gasteiger partial charge in [-0.1, -0.05) is 48.5 Å². The van der Waals surface area contributed by atoms with Crippen LogP contribution in [0.4, 0.5) is 4.39 Å². The summed E-state index contributed by atoms with van der Waals surface area (Å²) < 4.78 is 20.2. The molecule has 1 amide bonds. The molecular weight excluding hydrogens is 485 g/mol. The van der Waals surface area contributed by atoms with Crippen LogP contribution in [0.5, 0.6) is 0 Å². The number of carbonyl (C=O) groups excluding carboxylic acids is 3. The Bertz CT molecular complexity index is 1430. The number of esters is 1. The summed E-state index contributed by atoms with van der Waals surface area (Å²) >= 11 is 0. The summed E-state index contributed by atoms with van der Waals surface area (Å²) in [6, 6.07) is 23.9. The van der Waals surface area contributed by atoms with Gasteiger partial charge >= 0.3 is 5.97 Å². The molecule has 0 radical (unpaired) electrons. The van der Waals surface area contributed by atoms with E-state index in [1.807, 2.05) is 60.7 Å². The highest BCUT2D eigenvalue weighted by Crippen LogP contribution is 2.25. The number of Topliss-reactive ketones (excluding diaryl/α,β-unsaturated/α-hetero) is 1.